The fraction of sp³-hybridized carbons (Fsp3) is 0.818. The second-order valence-corrected chi connectivity index (χ2v) is 4.20. The van der Waals surface area contributed by atoms with E-state index in [1.54, 1.807) is 0 Å². The van der Waals surface area contributed by atoms with Crippen molar-refractivity contribution in [2.45, 2.75) is 59.2 Å². The summed E-state index contributed by atoms with van der Waals surface area (Å²) < 4.78 is 1.98. The van der Waals surface area contributed by atoms with E-state index >= 15 is 0 Å². The van der Waals surface area contributed by atoms with Gasteiger partial charge in [-0.15, -0.1) is 5.10 Å². The fourth-order valence-electron chi connectivity index (χ4n) is 1.54. The quantitative estimate of drug-likeness (QED) is 0.782. The van der Waals surface area contributed by atoms with Gasteiger partial charge in [-0.25, -0.2) is 4.68 Å². The molecule has 0 aromatic carbocycles. The SMILES string of the molecule is CCC(CC)n1cc(CNC(C)C)nn1. The van der Waals surface area contributed by atoms with Gasteiger partial charge in [0.25, 0.3) is 0 Å². The summed E-state index contributed by atoms with van der Waals surface area (Å²) in [5.41, 5.74) is 1.02. The maximum Gasteiger partial charge on any atom is 0.0965 e. The number of nitrogens with one attached hydrogen (secondary N) is 1. The summed E-state index contributed by atoms with van der Waals surface area (Å²) in [6.45, 7) is 9.43. The van der Waals surface area contributed by atoms with Crippen LogP contribution in [0.1, 0.15) is 52.3 Å². The zero-order valence-corrected chi connectivity index (χ0v) is 10.2. The van der Waals surface area contributed by atoms with Gasteiger partial charge in [0.1, 0.15) is 0 Å². The molecule has 0 amide bonds. The van der Waals surface area contributed by atoms with Crippen LogP contribution < -0.4 is 5.32 Å². The van der Waals surface area contributed by atoms with Crippen molar-refractivity contribution >= 4 is 0 Å². The summed E-state index contributed by atoms with van der Waals surface area (Å²) in [6.07, 6.45) is 4.26. The largest absolute Gasteiger partial charge is 0.309 e. The summed E-state index contributed by atoms with van der Waals surface area (Å²) in [7, 11) is 0. The highest BCUT2D eigenvalue weighted by atomic mass is 15.4. The van der Waals surface area contributed by atoms with Crippen LogP contribution in [-0.4, -0.2) is 21.0 Å². The molecule has 0 aliphatic carbocycles. The van der Waals surface area contributed by atoms with Gasteiger partial charge in [-0.2, -0.15) is 0 Å². The Labute approximate surface area is 92.1 Å². The van der Waals surface area contributed by atoms with Crippen LogP contribution >= 0.6 is 0 Å². The first-order valence-electron chi connectivity index (χ1n) is 5.81. The van der Waals surface area contributed by atoms with E-state index in [9.17, 15) is 0 Å². The second-order valence-electron chi connectivity index (χ2n) is 4.20. The van der Waals surface area contributed by atoms with E-state index in [0.717, 1.165) is 25.1 Å². The summed E-state index contributed by atoms with van der Waals surface area (Å²) in [5, 5.41) is 11.7. The molecule has 1 heterocycles. The molecule has 0 fully saturated rings. The van der Waals surface area contributed by atoms with Crippen molar-refractivity contribution in [1.82, 2.24) is 20.3 Å². The van der Waals surface area contributed by atoms with E-state index in [4.69, 9.17) is 0 Å². The van der Waals surface area contributed by atoms with Crippen LogP contribution in [0, 0.1) is 0 Å². The third-order valence-corrected chi connectivity index (χ3v) is 2.57. The molecular weight excluding hydrogens is 188 g/mol. The molecule has 0 aliphatic heterocycles. The molecule has 0 aliphatic rings. The molecular formula is C11H22N4. The van der Waals surface area contributed by atoms with Gasteiger partial charge in [0.2, 0.25) is 0 Å². The van der Waals surface area contributed by atoms with E-state index in [0.29, 0.717) is 12.1 Å². The molecule has 15 heavy (non-hydrogen) atoms. The third kappa shape index (κ3) is 3.63. The third-order valence-electron chi connectivity index (χ3n) is 2.57. The van der Waals surface area contributed by atoms with Gasteiger partial charge in [0.05, 0.1) is 17.9 Å². The smallest absolute Gasteiger partial charge is 0.0965 e. The Morgan fingerprint density at radius 2 is 2.00 bits per heavy atom. The molecule has 1 aromatic heterocycles. The van der Waals surface area contributed by atoms with E-state index in [2.05, 4.69) is 43.3 Å². The predicted octanol–water partition coefficient (Wildman–Crippen LogP) is 2.14. The average molecular weight is 210 g/mol. The molecule has 0 saturated carbocycles. The Morgan fingerprint density at radius 3 is 2.53 bits per heavy atom. The Hall–Kier alpha value is -0.900. The van der Waals surface area contributed by atoms with Crippen molar-refractivity contribution in [2.75, 3.05) is 0 Å². The summed E-state index contributed by atoms with van der Waals surface area (Å²) in [6, 6.07) is 0.980. The van der Waals surface area contributed by atoms with Crippen LogP contribution in [0.2, 0.25) is 0 Å². The topological polar surface area (TPSA) is 42.7 Å². The normalized spacial score (nSPS) is 11.6. The van der Waals surface area contributed by atoms with Gasteiger partial charge in [-0.1, -0.05) is 32.9 Å². The zero-order chi connectivity index (χ0) is 11.3. The lowest BCUT2D eigenvalue weighted by Crippen LogP contribution is -2.22. The Morgan fingerprint density at radius 1 is 1.33 bits per heavy atom. The highest BCUT2D eigenvalue weighted by Crippen LogP contribution is 2.13. The van der Waals surface area contributed by atoms with Gasteiger partial charge in [-0.05, 0) is 12.8 Å². The van der Waals surface area contributed by atoms with Crippen LogP contribution in [0.3, 0.4) is 0 Å². The van der Waals surface area contributed by atoms with Crippen molar-refractivity contribution in [3.8, 4) is 0 Å². The lowest BCUT2D eigenvalue weighted by Gasteiger charge is -2.11. The van der Waals surface area contributed by atoms with Crippen molar-refractivity contribution in [3.63, 3.8) is 0 Å². The Bertz CT molecular complexity index is 276. The predicted molar refractivity (Wildman–Crippen MR) is 61.6 cm³/mol. The molecule has 4 heteroatoms. The minimum absolute atomic E-state index is 0.489. The first-order valence-corrected chi connectivity index (χ1v) is 5.81. The molecule has 1 aromatic rings. The van der Waals surface area contributed by atoms with Gasteiger partial charge < -0.3 is 5.32 Å². The van der Waals surface area contributed by atoms with Crippen LogP contribution in [0.4, 0.5) is 0 Å². The van der Waals surface area contributed by atoms with Crippen LogP contribution in [-0.2, 0) is 6.54 Å². The molecule has 86 valence electrons. The molecule has 0 saturated heterocycles. The highest BCUT2D eigenvalue weighted by Gasteiger charge is 2.08. The van der Waals surface area contributed by atoms with E-state index in [1.807, 2.05) is 10.9 Å². The number of hydrogen-bond donors (Lipinski definition) is 1. The van der Waals surface area contributed by atoms with E-state index < -0.39 is 0 Å². The van der Waals surface area contributed by atoms with Gasteiger partial charge in [0.15, 0.2) is 0 Å². The lowest BCUT2D eigenvalue weighted by atomic mass is 10.2. The van der Waals surface area contributed by atoms with Crippen LogP contribution in [0.5, 0.6) is 0 Å². The molecule has 0 atom stereocenters. The molecule has 0 bridgehead atoms. The molecule has 0 radical (unpaired) electrons. The Kier molecular flexibility index (Phi) is 4.75. The second kappa shape index (κ2) is 5.85. The van der Waals surface area contributed by atoms with Crippen LogP contribution in [0.15, 0.2) is 6.20 Å². The number of rotatable bonds is 6. The Balaban J connectivity index is 2.55. The zero-order valence-electron chi connectivity index (χ0n) is 10.2. The molecule has 0 unspecified atom stereocenters. The number of aromatic nitrogens is 3. The standard InChI is InChI=1S/C11H22N4/c1-5-11(6-2)15-8-10(13-14-15)7-12-9(3)4/h8-9,11-12H,5-7H2,1-4H3. The lowest BCUT2D eigenvalue weighted by molar-refractivity contribution is 0.418. The van der Waals surface area contributed by atoms with Crippen molar-refractivity contribution in [2.24, 2.45) is 0 Å². The first-order chi connectivity index (χ1) is 7.17. The van der Waals surface area contributed by atoms with Gasteiger partial charge in [0, 0.05) is 12.6 Å². The van der Waals surface area contributed by atoms with Gasteiger partial charge >= 0.3 is 0 Å². The van der Waals surface area contributed by atoms with E-state index in [1.165, 1.54) is 0 Å². The number of hydrogen-bond acceptors (Lipinski definition) is 3. The average Bonchev–Trinajstić information content (AvgIpc) is 2.65. The summed E-state index contributed by atoms with van der Waals surface area (Å²) in [4.78, 5) is 0. The summed E-state index contributed by atoms with van der Waals surface area (Å²) >= 11 is 0. The minimum Gasteiger partial charge on any atom is -0.309 e. The first kappa shape index (κ1) is 12.2. The molecule has 1 rings (SSSR count). The number of nitrogens with zero attached hydrogens (tertiary/aromatic N) is 3. The minimum atomic E-state index is 0.489. The monoisotopic (exact) mass is 210 g/mol. The van der Waals surface area contributed by atoms with Gasteiger partial charge in [-0.3, -0.25) is 0 Å². The van der Waals surface area contributed by atoms with Crippen molar-refractivity contribution < 1.29 is 0 Å². The molecule has 4 nitrogen and oxygen atoms in total. The summed E-state index contributed by atoms with van der Waals surface area (Å²) in [5.74, 6) is 0. The van der Waals surface area contributed by atoms with E-state index in [-0.39, 0.29) is 0 Å². The molecule has 0 spiro atoms. The fourth-order valence-corrected chi connectivity index (χ4v) is 1.54. The maximum absolute atomic E-state index is 4.16. The molecule has 1 N–H and O–H groups in total. The van der Waals surface area contributed by atoms with Crippen molar-refractivity contribution in [3.05, 3.63) is 11.9 Å². The van der Waals surface area contributed by atoms with Crippen LogP contribution in [0.25, 0.3) is 0 Å². The maximum atomic E-state index is 4.16. The van der Waals surface area contributed by atoms with Crippen molar-refractivity contribution in [1.29, 1.82) is 0 Å². The highest BCUT2D eigenvalue weighted by molar-refractivity contribution is 4.93.